The molecule has 8 nitrogen and oxygen atoms in total. The number of fused-ring (bicyclic) bond motifs is 3. The van der Waals surface area contributed by atoms with Crippen LogP contribution in [0.5, 0.6) is 0 Å². The van der Waals surface area contributed by atoms with E-state index in [4.69, 9.17) is 28.8 Å². The van der Waals surface area contributed by atoms with E-state index in [2.05, 4.69) is 10.2 Å². The number of hydrogen-bond donors (Lipinski definition) is 1. The van der Waals surface area contributed by atoms with E-state index < -0.39 is 17.9 Å². The largest absolute Gasteiger partial charge is 0.396 e. The molecule has 8 heteroatoms. The molecule has 0 radical (unpaired) electrons. The summed E-state index contributed by atoms with van der Waals surface area (Å²) in [5, 5.41) is 17.4. The molecule has 4 heterocycles. The normalized spacial score (nSPS) is 42.2. The predicted molar refractivity (Wildman–Crippen MR) is 85.7 cm³/mol. The lowest BCUT2D eigenvalue weighted by Gasteiger charge is -2.37. The van der Waals surface area contributed by atoms with Crippen LogP contribution in [0.1, 0.15) is 53.4 Å². The lowest BCUT2D eigenvalue weighted by atomic mass is 9.92. The molecular weight excluding hydrogens is 328 g/mol. The minimum atomic E-state index is -0.700. The van der Waals surface area contributed by atoms with Gasteiger partial charge in [0, 0.05) is 6.61 Å². The van der Waals surface area contributed by atoms with Gasteiger partial charge in [-0.15, -0.1) is 0 Å². The van der Waals surface area contributed by atoms with E-state index in [1.54, 1.807) is 0 Å². The SMILES string of the molecule is CC1(C)O[C@H]2[C@@H](O1)[C@@H](CCC1(CCCO)N=N1)O[C@@H]1OC(C)(C)O[C@@H]12. The summed E-state index contributed by atoms with van der Waals surface area (Å²) < 4.78 is 30.3. The highest BCUT2D eigenvalue weighted by Gasteiger charge is 2.60. The molecule has 4 rings (SSSR count). The number of nitrogens with zero attached hydrogens (tertiary/aromatic N) is 2. The second kappa shape index (κ2) is 5.94. The van der Waals surface area contributed by atoms with Crippen molar-refractivity contribution in [2.24, 2.45) is 10.2 Å². The Labute approximate surface area is 147 Å². The predicted octanol–water partition coefficient (Wildman–Crippen LogP) is 2.10. The molecule has 5 atom stereocenters. The quantitative estimate of drug-likeness (QED) is 0.784. The van der Waals surface area contributed by atoms with Gasteiger partial charge in [-0.3, -0.25) is 0 Å². The molecular formula is C17H28N2O6. The first-order chi connectivity index (χ1) is 11.7. The second-order valence-corrected chi connectivity index (χ2v) is 8.26. The monoisotopic (exact) mass is 356 g/mol. The van der Waals surface area contributed by atoms with Crippen LogP contribution in [0.3, 0.4) is 0 Å². The van der Waals surface area contributed by atoms with Gasteiger partial charge in [0.2, 0.25) is 0 Å². The smallest absolute Gasteiger partial charge is 0.191 e. The highest BCUT2D eigenvalue weighted by molar-refractivity contribution is 5.02. The Kier molecular flexibility index (Phi) is 4.22. The summed E-state index contributed by atoms with van der Waals surface area (Å²) in [4.78, 5) is 0. The molecule has 142 valence electrons. The first kappa shape index (κ1) is 17.8. The van der Waals surface area contributed by atoms with Gasteiger partial charge in [-0.1, -0.05) is 0 Å². The summed E-state index contributed by atoms with van der Waals surface area (Å²) >= 11 is 0. The van der Waals surface area contributed by atoms with Crippen molar-refractivity contribution >= 4 is 0 Å². The zero-order valence-electron chi connectivity index (χ0n) is 15.3. The van der Waals surface area contributed by atoms with Crippen molar-refractivity contribution in [3.8, 4) is 0 Å². The standard InChI is InChI=1S/C17H28N2O6/c1-15(2)22-11-10(6-8-17(18-19-17)7-5-9-20)21-14-13(12(11)23-15)24-16(3,4)25-14/h10-14,20H,5-9H2,1-4H3/t10-,11+,12+,13-,14-/m1/s1. The van der Waals surface area contributed by atoms with Crippen molar-refractivity contribution in [2.75, 3.05) is 6.61 Å². The van der Waals surface area contributed by atoms with Crippen LogP contribution in [-0.4, -0.2) is 59.7 Å². The molecule has 0 spiro atoms. The van der Waals surface area contributed by atoms with Crippen molar-refractivity contribution < 1.29 is 28.8 Å². The van der Waals surface area contributed by atoms with Crippen LogP contribution >= 0.6 is 0 Å². The van der Waals surface area contributed by atoms with Crippen LogP contribution in [-0.2, 0) is 23.7 Å². The minimum absolute atomic E-state index is 0.159. The Hall–Kier alpha value is -0.640. The Bertz CT molecular complexity index is 545. The Morgan fingerprint density at radius 3 is 2.16 bits per heavy atom. The lowest BCUT2D eigenvalue weighted by molar-refractivity contribution is -0.235. The van der Waals surface area contributed by atoms with E-state index in [0.717, 1.165) is 19.3 Å². The fourth-order valence-corrected chi connectivity index (χ4v) is 4.06. The van der Waals surface area contributed by atoms with Gasteiger partial charge in [0.15, 0.2) is 23.5 Å². The summed E-state index contributed by atoms with van der Waals surface area (Å²) in [5.74, 6) is -1.38. The topological polar surface area (TPSA) is 91.1 Å². The van der Waals surface area contributed by atoms with E-state index in [-0.39, 0.29) is 36.7 Å². The van der Waals surface area contributed by atoms with Crippen LogP contribution in [0, 0.1) is 0 Å². The molecule has 4 aliphatic rings. The molecule has 0 unspecified atom stereocenters. The van der Waals surface area contributed by atoms with E-state index in [1.807, 2.05) is 27.7 Å². The molecule has 0 bridgehead atoms. The Balaban J connectivity index is 1.45. The van der Waals surface area contributed by atoms with E-state index in [9.17, 15) is 0 Å². The fraction of sp³-hybridized carbons (Fsp3) is 1.00. The van der Waals surface area contributed by atoms with Crippen LogP contribution in [0.25, 0.3) is 0 Å². The van der Waals surface area contributed by atoms with E-state index >= 15 is 0 Å². The van der Waals surface area contributed by atoms with Gasteiger partial charge in [-0.05, 0) is 53.4 Å². The van der Waals surface area contributed by atoms with Crippen molar-refractivity contribution in [2.45, 2.75) is 101 Å². The van der Waals surface area contributed by atoms with Gasteiger partial charge in [-0.25, -0.2) is 0 Å². The van der Waals surface area contributed by atoms with Crippen LogP contribution in [0.2, 0.25) is 0 Å². The molecule has 0 amide bonds. The van der Waals surface area contributed by atoms with Gasteiger partial charge in [0.05, 0.1) is 6.10 Å². The third-order valence-electron chi connectivity index (χ3n) is 5.20. The molecule has 0 aromatic heterocycles. The van der Waals surface area contributed by atoms with Crippen molar-refractivity contribution in [3.63, 3.8) is 0 Å². The molecule has 25 heavy (non-hydrogen) atoms. The Morgan fingerprint density at radius 1 is 0.840 bits per heavy atom. The van der Waals surface area contributed by atoms with Gasteiger partial charge < -0.3 is 28.8 Å². The zero-order chi connectivity index (χ0) is 17.9. The third kappa shape index (κ3) is 3.48. The average molecular weight is 356 g/mol. The number of aliphatic hydroxyl groups excluding tert-OH is 1. The van der Waals surface area contributed by atoms with Crippen LogP contribution < -0.4 is 0 Å². The molecule has 0 aromatic carbocycles. The van der Waals surface area contributed by atoms with Gasteiger partial charge in [0.25, 0.3) is 0 Å². The number of hydrogen-bond acceptors (Lipinski definition) is 8. The van der Waals surface area contributed by atoms with Crippen molar-refractivity contribution in [3.05, 3.63) is 0 Å². The summed E-state index contributed by atoms with van der Waals surface area (Å²) in [6, 6.07) is 0. The van der Waals surface area contributed by atoms with Gasteiger partial charge in [0.1, 0.15) is 18.3 Å². The summed E-state index contributed by atoms with van der Waals surface area (Å²) in [5.41, 5.74) is -0.348. The second-order valence-electron chi connectivity index (χ2n) is 8.26. The van der Waals surface area contributed by atoms with E-state index in [1.165, 1.54) is 0 Å². The third-order valence-corrected chi connectivity index (χ3v) is 5.20. The first-order valence-electron chi connectivity index (χ1n) is 9.14. The summed E-state index contributed by atoms with van der Waals surface area (Å²) in [7, 11) is 0. The van der Waals surface area contributed by atoms with Crippen LogP contribution in [0.15, 0.2) is 10.2 Å². The number of rotatable bonds is 6. The van der Waals surface area contributed by atoms with E-state index in [0.29, 0.717) is 6.42 Å². The van der Waals surface area contributed by atoms with Crippen molar-refractivity contribution in [1.29, 1.82) is 0 Å². The average Bonchev–Trinajstić information content (AvgIpc) is 3.11. The molecule has 4 aliphatic heterocycles. The minimum Gasteiger partial charge on any atom is -0.396 e. The molecule has 3 saturated heterocycles. The molecule has 3 fully saturated rings. The maximum absolute atomic E-state index is 9.03. The molecule has 0 aromatic rings. The fourth-order valence-electron chi connectivity index (χ4n) is 4.06. The maximum Gasteiger partial charge on any atom is 0.191 e. The zero-order valence-corrected chi connectivity index (χ0v) is 15.3. The number of ether oxygens (including phenoxy) is 5. The van der Waals surface area contributed by atoms with Crippen molar-refractivity contribution in [1.82, 2.24) is 0 Å². The first-order valence-corrected chi connectivity index (χ1v) is 9.14. The number of aliphatic hydroxyl groups is 1. The molecule has 0 saturated carbocycles. The summed E-state index contributed by atoms with van der Waals surface area (Å²) in [6.07, 6.45) is 1.64. The summed E-state index contributed by atoms with van der Waals surface area (Å²) in [6.45, 7) is 7.74. The lowest BCUT2D eigenvalue weighted by Crippen LogP contribution is -2.55. The highest BCUT2D eigenvalue weighted by Crippen LogP contribution is 2.46. The maximum atomic E-state index is 9.03. The van der Waals surface area contributed by atoms with Gasteiger partial charge >= 0.3 is 0 Å². The Morgan fingerprint density at radius 2 is 1.48 bits per heavy atom. The highest BCUT2D eigenvalue weighted by atomic mass is 16.9. The van der Waals surface area contributed by atoms with Gasteiger partial charge in [-0.2, -0.15) is 10.2 Å². The van der Waals surface area contributed by atoms with Crippen LogP contribution in [0.4, 0.5) is 0 Å². The molecule has 0 aliphatic carbocycles. The molecule has 1 N–H and O–H groups in total.